The third kappa shape index (κ3) is 3.12. The summed E-state index contributed by atoms with van der Waals surface area (Å²) in [4.78, 5) is -0.422. The molecule has 1 aliphatic rings. The highest BCUT2D eigenvalue weighted by atomic mass is 32.2. The number of hydrogen-bond donors (Lipinski definition) is 1. The summed E-state index contributed by atoms with van der Waals surface area (Å²) in [7, 11) is -1.22. The fraction of sp³-hybridized carbons (Fsp3) is 0.538. The van der Waals surface area contributed by atoms with Crippen LogP contribution >= 0.6 is 0 Å². The van der Waals surface area contributed by atoms with Gasteiger partial charge in [0, 0.05) is 31.3 Å². The predicted molar refractivity (Wildman–Crippen MR) is 75.5 cm³/mol. The highest BCUT2D eigenvalue weighted by Crippen LogP contribution is 2.33. The first-order valence-electron chi connectivity index (χ1n) is 6.57. The number of hydrogen-bond acceptors (Lipinski definition) is 5. The first-order chi connectivity index (χ1) is 9.90. The molecule has 118 valence electrons. The van der Waals surface area contributed by atoms with Crippen molar-refractivity contribution < 1.29 is 22.3 Å². The zero-order chi connectivity index (χ0) is 15.6. The molecule has 1 aromatic carbocycles. The molecule has 1 heterocycles. The van der Waals surface area contributed by atoms with Gasteiger partial charge in [0.15, 0.2) is 11.5 Å². The minimum Gasteiger partial charge on any atom is -0.493 e. The van der Waals surface area contributed by atoms with Crippen LogP contribution in [0.2, 0.25) is 0 Å². The minimum absolute atomic E-state index is 0.143. The Bertz CT molecular complexity index is 621. The Hall–Kier alpha value is -1.38. The Labute approximate surface area is 123 Å². The largest absolute Gasteiger partial charge is 0.493 e. The van der Waals surface area contributed by atoms with Crippen molar-refractivity contribution in [2.24, 2.45) is 5.73 Å². The van der Waals surface area contributed by atoms with E-state index >= 15 is 0 Å². The lowest BCUT2D eigenvalue weighted by Crippen LogP contribution is -2.45. The Morgan fingerprint density at radius 3 is 2.48 bits per heavy atom. The summed E-state index contributed by atoms with van der Waals surface area (Å²) < 4.78 is 50.4. The maximum atomic E-state index is 14.1. The molecular weight excluding hydrogens is 299 g/mol. The fourth-order valence-corrected chi connectivity index (χ4v) is 3.96. The average Bonchev–Trinajstić information content (AvgIpc) is 2.46. The van der Waals surface area contributed by atoms with Crippen molar-refractivity contribution >= 4 is 10.0 Å². The molecule has 0 aliphatic carbocycles. The molecule has 8 heteroatoms. The van der Waals surface area contributed by atoms with Gasteiger partial charge in [-0.2, -0.15) is 4.31 Å². The van der Waals surface area contributed by atoms with Crippen molar-refractivity contribution in [2.45, 2.75) is 23.8 Å². The summed E-state index contributed by atoms with van der Waals surface area (Å²) in [5.41, 5.74) is 5.80. The first-order valence-corrected chi connectivity index (χ1v) is 8.01. The molecule has 1 aliphatic heterocycles. The molecule has 1 aromatic rings. The lowest BCUT2D eigenvalue weighted by Gasteiger charge is -2.30. The van der Waals surface area contributed by atoms with Gasteiger partial charge in [-0.15, -0.1) is 0 Å². The van der Waals surface area contributed by atoms with Crippen LogP contribution in [0.5, 0.6) is 11.5 Å². The number of nitrogens with two attached hydrogens (primary N) is 1. The van der Waals surface area contributed by atoms with Crippen molar-refractivity contribution in [1.82, 2.24) is 4.31 Å². The fourth-order valence-electron chi connectivity index (χ4n) is 2.36. The molecule has 6 nitrogen and oxygen atoms in total. The zero-order valence-electron chi connectivity index (χ0n) is 12.0. The SMILES string of the molecule is COc1cc(F)c(S(=O)(=O)N2CCCC(N)C2)cc1OC. The zero-order valence-corrected chi connectivity index (χ0v) is 12.8. The number of rotatable bonds is 4. The van der Waals surface area contributed by atoms with E-state index in [4.69, 9.17) is 15.2 Å². The second kappa shape index (κ2) is 6.17. The Morgan fingerprint density at radius 2 is 1.90 bits per heavy atom. The normalized spacial score (nSPS) is 20.3. The summed E-state index contributed by atoms with van der Waals surface area (Å²) in [6.07, 6.45) is 1.43. The van der Waals surface area contributed by atoms with E-state index in [1.807, 2.05) is 0 Å². The Kier molecular flexibility index (Phi) is 4.70. The van der Waals surface area contributed by atoms with Crippen LogP contribution in [0.3, 0.4) is 0 Å². The van der Waals surface area contributed by atoms with E-state index in [-0.39, 0.29) is 24.1 Å². The van der Waals surface area contributed by atoms with Crippen molar-refractivity contribution in [2.75, 3.05) is 27.3 Å². The Balaban J connectivity index is 2.44. The Morgan fingerprint density at radius 1 is 1.29 bits per heavy atom. The van der Waals surface area contributed by atoms with Gasteiger partial charge < -0.3 is 15.2 Å². The van der Waals surface area contributed by atoms with E-state index < -0.39 is 20.7 Å². The summed E-state index contributed by atoms with van der Waals surface area (Å²) in [5.74, 6) is -0.560. The predicted octanol–water partition coefficient (Wildman–Crippen LogP) is 0.955. The third-order valence-electron chi connectivity index (χ3n) is 3.48. The van der Waals surface area contributed by atoms with Gasteiger partial charge >= 0.3 is 0 Å². The highest BCUT2D eigenvalue weighted by Gasteiger charge is 2.32. The molecule has 0 aromatic heterocycles. The van der Waals surface area contributed by atoms with Crippen molar-refractivity contribution in [3.05, 3.63) is 17.9 Å². The van der Waals surface area contributed by atoms with E-state index in [9.17, 15) is 12.8 Å². The smallest absolute Gasteiger partial charge is 0.246 e. The number of methoxy groups -OCH3 is 2. The topological polar surface area (TPSA) is 81.9 Å². The molecule has 0 radical (unpaired) electrons. The number of nitrogens with zero attached hydrogens (tertiary/aromatic N) is 1. The van der Waals surface area contributed by atoms with Crippen molar-refractivity contribution in [1.29, 1.82) is 0 Å². The van der Waals surface area contributed by atoms with E-state index in [1.165, 1.54) is 18.5 Å². The molecule has 2 N–H and O–H groups in total. The van der Waals surface area contributed by atoms with Crippen molar-refractivity contribution in [3.8, 4) is 11.5 Å². The number of halogens is 1. The van der Waals surface area contributed by atoms with Crippen LogP contribution < -0.4 is 15.2 Å². The van der Waals surface area contributed by atoms with Crippen LogP contribution in [0.1, 0.15) is 12.8 Å². The maximum absolute atomic E-state index is 14.1. The molecule has 1 saturated heterocycles. The van der Waals surface area contributed by atoms with Gasteiger partial charge in [0.25, 0.3) is 0 Å². The molecule has 0 spiro atoms. The number of piperidine rings is 1. The van der Waals surface area contributed by atoms with Crippen LogP contribution in [-0.2, 0) is 10.0 Å². The van der Waals surface area contributed by atoms with E-state index in [2.05, 4.69) is 0 Å². The summed E-state index contributed by atoms with van der Waals surface area (Å²) in [5, 5.41) is 0. The van der Waals surface area contributed by atoms with Crippen LogP contribution in [0.15, 0.2) is 17.0 Å². The first kappa shape index (κ1) is 16.0. The van der Waals surface area contributed by atoms with Crippen LogP contribution in [-0.4, -0.2) is 46.1 Å². The molecule has 1 fully saturated rings. The van der Waals surface area contributed by atoms with Gasteiger partial charge in [0.2, 0.25) is 10.0 Å². The van der Waals surface area contributed by atoms with Crippen LogP contribution in [0.25, 0.3) is 0 Å². The third-order valence-corrected chi connectivity index (χ3v) is 5.36. The molecule has 0 saturated carbocycles. The molecule has 1 atom stereocenters. The lowest BCUT2D eigenvalue weighted by atomic mass is 10.1. The average molecular weight is 318 g/mol. The molecule has 1 unspecified atom stereocenters. The molecule has 0 amide bonds. The van der Waals surface area contributed by atoms with Gasteiger partial charge in [-0.1, -0.05) is 0 Å². The maximum Gasteiger partial charge on any atom is 0.246 e. The van der Waals surface area contributed by atoms with Gasteiger partial charge in [-0.25, -0.2) is 12.8 Å². The molecule has 2 rings (SSSR count). The van der Waals surface area contributed by atoms with E-state index in [0.29, 0.717) is 13.0 Å². The van der Waals surface area contributed by atoms with Gasteiger partial charge in [-0.05, 0) is 12.8 Å². The quantitative estimate of drug-likeness (QED) is 0.894. The standard InChI is InChI=1S/C13H19FN2O4S/c1-19-11-6-10(14)13(7-12(11)20-2)21(17,18)16-5-3-4-9(15)8-16/h6-7,9H,3-5,8,15H2,1-2H3. The van der Waals surface area contributed by atoms with Crippen molar-refractivity contribution in [3.63, 3.8) is 0 Å². The van der Waals surface area contributed by atoms with Crippen LogP contribution in [0, 0.1) is 5.82 Å². The van der Waals surface area contributed by atoms with E-state index in [1.54, 1.807) is 0 Å². The number of benzene rings is 1. The highest BCUT2D eigenvalue weighted by molar-refractivity contribution is 7.89. The molecule has 21 heavy (non-hydrogen) atoms. The second-order valence-electron chi connectivity index (χ2n) is 4.90. The molecule has 0 bridgehead atoms. The lowest BCUT2D eigenvalue weighted by molar-refractivity contribution is 0.314. The van der Waals surface area contributed by atoms with E-state index in [0.717, 1.165) is 18.6 Å². The monoisotopic (exact) mass is 318 g/mol. The summed E-state index contributed by atoms with van der Waals surface area (Å²) >= 11 is 0. The van der Waals surface area contributed by atoms with Gasteiger partial charge in [0.05, 0.1) is 14.2 Å². The van der Waals surface area contributed by atoms with Gasteiger partial charge in [-0.3, -0.25) is 0 Å². The second-order valence-corrected chi connectivity index (χ2v) is 6.81. The molecular formula is C13H19FN2O4S. The minimum atomic E-state index is -3.94. The number of ether oxygens (including phenoxy) is 2. The van der Waals surface area contributed by atoms with Gasteiger partial charge in [0.1, 0.15) is 10.7 Å². The van der Waals surface area contributed by atoms with Crippen LogP contribution in [0.4, 0.5) is 4.39 Å². The summed E-state index contributed by atoms with van der Waals surface area (Å²) in [6, 6.07) is 1.93. The summed E-state index contributed by atoms with van der Waals surface area (Å²) in [6.45, 7) is 0.528. The number of sulfonamides is 1.